The molecule has 0 spiro atoms. The summed E-state index contributed by atoms with van der Waals surface area (Å²) in [4.78, 5) is 28.8. The molecule has 0 radical (unpaired) electrons. The summed E-state index contributed by atoms with van der Waals surface area (Å²) < 4.78 is 6.49. The van der Waals surface area contributed by atoms with E-state index >= 15 is 0 Å². The number of aromatic nitrogens is 3. The van der Waals surface area contributed by atoms with E-state index in [4.69, 9.17) is 27.7 Å². The number of nitrogens with one attached hydrogen (secondary N) is 1. The van der Waals surface area contributed by atoms with Gasteiger partial charge < -0.3 is 14.7 Å². The number of piperazine rings is 1. The first-order valence-corrected chi connectivity index (χ1v) is 10.4. The van der Waals surface area contributed by atoms with Crippen molar-refractivity contribution in [2.75, 3.05) is 38.0 Å². The molecule has 0 aliphatic carbocycles. The van der Waals surface area contributed by atoms with Gasteiger partial charge in [-0.3, -0.25) is 14.5 Å². The molecule has 0 unspecified atom stereocenters. The third kappa shape index (κ3) is 5.07. The predicted octanol–water partition coefficient (Wildman–Crippen LogP) is 2.87. The second-order valence-electron chi connectivity index (χ2n) is 7.21. The molecular formula is C20H20Cl2N6O3. The molecule has 1 aliphatic heterocycles. The Morgan fingerprint density at radius 2 is 1.94 bits per heavy atom. The summed E-state index contributed by atoms with van der Waals surface area (Å²) in [5.41, 5.74) is 1.11. The molecule has 2 amide bonds. The molecule has 9 nitrogen and oxygen atoms in total. The van der Waals surface area contributed by atoms with Crippen molar-refractivity contribution in [2.45, 2.75) is 6.92 Å². The molecule has 3 heterocycles. The molecule has 0 bridgehead atoms. The summed E-state index contributed by atoms with van der Waals surface area (Å²) in [6.07, 6.45) is 3.17. The highest BCUT2D eigenvalue weighted by Gasteiger charge is 2.24. The number of amides is 2. The van der Waals surface area contributed by atoms with Gasteiger partial charge in [0.05, 0.1) is 29.0 Å². The van der Waals surface area contributed by atoms with E-state index < -0.39 is 0 Å². The van der Waals surface area contributed by atoms with Gasteiger partial charge in [-0.1, -0.05) is 28.4 Å². The summed E-state index contributed by atoms with van der Waals surface area (Å²) in [7, 11) is 0. The molecule has 11 heteroatoms. The summed E-state index contributed by atoms with van der Waals surface area (Å²) in [6, 6.07) is 6.74. The summed E-state index contributed by atoms with van der Waals surface area (Å²) in [5, 5.41) is 11.7. The lowest BCUT2D eigenvalue weighted by atomic mass is 10.2. The zero-order valence-corrected chi connectivity index (χ0v) is 18.2. The van der Waals surface area contributed by atoms with Crippen LogP contribution in [0.15, 0.2) is 41.2 Å². The average molecular weight is 463 g/mol. The van der Waals surface area contributed by atoms with Crippen molar-refractivity contribution < 1.29 is 14.1 Å². The lowest BCUT2D eigenvalue weighted by molar-refractivity contribution is -0.117. The van der Waals surface area contributed by atoms with E-state index in [0.717, 1.165) is 0 Å². The van der Waals surface area contributed by atoms with Crippen LogP contribution in [0.5, 0.6) is 0 Å². The molecule has 1 fully saturated rings. The molecule has 1 aromatic carbocycles. The first kappa shape index (κ1) is 21.4. The lowest BCUT2D eigenvalue weighted by Crippen LogP contribution is -2.50. The van der Waals surface area contributed by atoms with Crippen LogP contribution in [0.4, 0.5) is 5.82 Å². The van der Waals surface area contributed by atoms with Crippen LogP contribution in [-0.2, 0) is 4.79 Å². The molecule has 31 heavy (non-hydrogen) atoms. The number of carbonyl (C=O) groups excluding carboxylic acids is 2. The van der Waals surface area contributed by atoms with E-state index in [-0.39, 0.29) is 18.4 Å². The number of hydrogen-bond acceptors (Lipinski definition) is 6. The van der Waals surface area contributed by atoms with Gasteiger partial charge >= 0.3 is 0 Å². The van der Waals surface area contributed by atoms with Gasteiger partial charge in [0.15, 0.2) is 5.82 Å². The topological polar surface area (TPSA) is 96.5 Å². The normalized spacial score (nSPS) is 14.6. The summed E-state index contributed by atoms with van der Waals surface area (Å²) >= 11 is 12.2. The van der Waals surface area contributed by atoms with Crippen molar-refractivity contribution >= 4 is 40.8 Å². The van der Waals surface area contributed by atoms with Crippen LogP contribution in [0.25, 0.3) is 5.69 Å². The molecule has 162 valence electrons. The molecular weight excluding hydrogens is 443 g/mol. The third-order valence-electron chi connectivity index (χ3n) is 4.91. The van der Waals surface area contributed by atoms with Crippen molar-refractivity contribution in [1.82, 2.24) is 24.7 Å². The maximum atomic E-state index is 12.9. The predicted molar refractivity (Wildman–Crippen MR) is 116 cm³/mol. The van der Waals surface area contributed by atoms with E-state index in [1.54, 1.807) is 47.0 Å². The third-order valence-corrected chi connectivity index (χ3v) is 5.45. The minimum Gasteiger partial charge on any atom is -0.360 e. The van der Waals surface area contributed by atoms with Crippen LogP contribution in [-0.4, -0.2) is 69.3 Å². The van der Waals surface area contributed by atoms with E-state index in [2.05, 4.69) is 15.6 Å². The number of halogens is 2. The Balaban J connectivity index is 1.31. The first-order valence-electron chi connectivity index (χ1n) is 9.64. The zero-order valence-electron chi connectivity index (χ0n) is 16.7. The number of aryl methyl sites for hydroxylation is 1. The largest absolute Gasteiger partial charge is 0.360 e. The number of nitrogens with zero attached hydrogens (tertiary/aromatic N) is 5. The van der Waals surface area contributed by atoms with Crippen molar-refractivity contribution in [3.8, 4) is 5.69 Å². The van der Waals surface area contributed by atoms with Crippen molar-refractivity contribution in [3.05, 3.63) is 58.0 Å². The molecule has 1 N–H and O–H groups in total. The molecule has 0 saturated carbocycles. The maximum absolute atomic E-state index is 12.9. The SMILES string of the molecule is Cc1cc(NC(=O)CN2CCN(C(=O)c3cnn(-c4ccc(Cl)cc4Cl)c3)CC2)no1. The Labute approximate surface area is 188 Å². The van der Waals surface area contributed by atoms with Gasteiger partial charge in [-0.2, -0.15) is 5.10 Å². The number of carbonyl (C=O) groups is 2. The lowest BCUT2D eigenvalue weighted by Gasteiger charge is -2.34. The molecule has 1 aliphatic rings. The fraction of sp³-hybridized carbons (Fsp3) is 0.300. The summed E-state index contributed by atoms with van der Waals surface area (Å²) in [5.74, 6) is 0.742. The van der Waals surface area contributed by atoms with Gasteiger partial charge in [0.1, 0.15) is 5.76 Å². The van der Waals surface area contributed by atoms with Crippen LogP contribution in [0.2, 0.25) is 10.0 Å². The maximum Gasteiger partial charge on any atom is 0.257 e. The van der Waals surface area contributed by atoms with E-state index in [9.17, 15) is 9.59 Å². The second kappa shape index (κ2) is 9.09. The molecule has 4 rings (SSSR count). The van der Waals surface area contributed by atoms with Crippen molar-refractivity contribution in [3.63, 3.8) is 0 Å². The minimum atomic E-state index is -0.172. The monoisotopic (exact) mass is 462 g/mol. The molecule has 1 saturated heterocycles. The Bertz CT molecular complexity index is 1100. The van der Waals surface area contributed by atoms with Crippen LogP contribution >= 0.6 is 23.2 Å². The van der Waals surface area contributed by atoms with E-state index in [0.29, 0.717) is 59.1 Å². The van der Waals surface area contributed by atoms with Gasteiger partial charge in [-0.05, 0) is 25.1 Å². The number of benzene rings is 1. The fourth-order valence-electron chi connectivity index (χ4n) is 3.33. The number of anilines is 1. The van der Waals surface area contributed by atoms with Crippen LogP contribution < -0.4 is 5.32 Å². The number of rotatable bonds is 5. The van der Waals surface area contributed by atoms with Crippen LogP contribution in [0, 0.1) is 6.92 Å². The Morgan fingerprint density at radius 3 is 2.61 bits per heavy atom. The molecule has 3 aromatic rings. The van der Waals surface area contributed by atoms with Gasteiger partial charge in [0.25, 0.3) is 5.91 Å². The molecule has 0 atom stereocenters. The first-order chi connectivity index (χ1) is 14.9. The van der Waals surface area contributed by atoms with Crippen molar-refractivity contribution in [1.29, 1.82) is 0 Å². The zero-order chi connectivity index (χ0) is 22.0. The van der Waals surface area contributed by atoms with E-state index in [1.807, 2.05) is 4.90 Å². The fourth-order valence-corrected chi connectivity index (χ4v) is 3.83. The van der Waals surface area contributed by atoms with Crippen LogP contribution in [0.1, 0.15) is 16.1 Å². The standard InChI is InChI=1S/C20H20Cl2N6O3/c1-13-8-18(25-31-13)24-19(29)12-26-4-6-27(7-5-26)20(30)14-10-23-28(11-14)17-3-2-15(21)9-16(17)22/h2-3,8-11H,4-7,12H2,1H3,(H,24,25,29). The van der Waals surface area contributed by atoms with Gasteiger partial charge in [-0.25, -0.2) is 4.68 Å². The highest BCUT2D eigenvalue weighted by molar-refractivity contribution is 6.35. The van der Waals surface area contributed by atoms with Gasteiger partial charge in [0.2, 0.25) is 5.91 Å². The second-order valence-corrected chi connectivity index (χ2v) is 8.05. The molecule has 2 aromatic heterocycles. The average Bonchev–Trinajstić information content (AvgIpc) is 3.37. The Morgan fingerprint density at radius 1 is 1.16 bits per heavy atom. The van der Waals surface area contributed by atoms with Gasteiger partial charge in [-0.15, -0.1) is 0 Å². The quantitative estimate of drug-likeness (QED) is 0.625. The van der Waals surface area contributed by atoms with E-state index in [1.165, 1.54) is 6.20 Å². The van der Waals surface area contributed by atoms with Crippen LogP contribution in [0.3, 0.4) is 0 Å². The Kier molecular flexibility index (Phi) is 6.26. The highest BCUT2D eigenvalue weighted by atomic mass is 35.5. The highest BCUT2D eigenvalue weighted by Crippen LogP contribution is 2.24. The Hall–Kier alpha value is -2.88. The van der Waals surface area contributed by atoms with Gasteiger partial charge in [0, 0.05) is 43.5 Å². The minimum absolute atomic E-state index is 0.112. The smallest absolute Gasteiger partial charge is 0.257 e. The number of hydrogen-bond donors (Lipinski definition) is 1. The summed E-state index contributed by atoms with van der Waals surface area (Å²) in [6.45, 7) is 4.19. The van der Waals surface area contributed by atoms with Crippen molar-refractivity contribution in [2.24, 2.45) is 0 Å².